The van der Waals surface area contributed by atoms with Crippen LogP contribution in [0.5, 0.6) is 0 Å². The summed E-state index contributed by atoms with van der Waals surface area (Å²) in [6.45, 7) is 6.92. The molecule has 2 aromatic heterocycles. The van der Waals surface area contributed by atoms with E-state index in [-0.39, 0.29) is 4.87 Å². The number of likely N-dealkylation sites (tertiary alicyclic amines) is 1. The molecule has 1 fully saturated rings. The van der Waals surface area contributed by atoms with Crippen molar-refractivity contribution < 1.29 is 0 Å². The van der Waals surface area contributed by atoms with Crippen LogP contribution in [0, 0.1) is 0 Å². The Morgan fingerprint density at radius 1 is 1.28 bits per heavy atom. The van der Waals surface area contributed by atoms with Crippen molar-refractivity contribution in [3.63, 3.8) is 0 Å². The van der Waals surface area contributed by atoms with Gasteiger partial charge in [-0.05, 0) is 68.8 Å². The zero-order valence-electron chi connectivity index (χ0n) is 16.9. The van der Waals surface area contributed by atoms with Gasteiger partial charge in [0.05, 0.1) is 28.1 Å². The van der Waals surface area contributed by atoms with Crippen molar-refractivity contribution in [2.24, 2.45) is 0 Å². The van der Waals surface area contributed by atoms with Crippen LogP contribution in [0.1, 0.15) is 43.6 Å². The highest BCUT2D eigenvalue weighted by Gasteiger charge is 2.34. The summed E-state index contributed by atoms with van der Waals surface area (Å²) in [5.74, 6) is 0. The predicted octanol–water partition coefficient (Wildman–Crippen LogP) is 5.23. The summed E-state index contributed by atoms with van der Waals surface area (Å²) >= 11 is 3.39. The largest absolute Gasteiger partial charge is 0.364 e. The average molecular weight is 423 g/mol. The van der Waals surface area contributed by atoms with E-state index in [1.807, 2.05) is 5.51 Å². The van der Waals surface area contributed by atoms with Crippen molar-refractivity contribution in [3.8, 4) is 0 Å². The minimum Gasteiger partial charge on any atom is -0.364 e. The Bertz CT molecular complexity index is 1050. The third-order valence-corrected chi connectivity index (χ3v) is 7.84. The molecule has 29 heavy (non-hydrogen) atoms. The number of benzene rings is 1. The number of nitrogens with zero attached hydrogens (tertiary/aromatic N) is 3. The van der Waals surface area contributed by atoms with Crippen LogP contribution in [0.2, 0.25) is 0 Å². The maximum Gasteiger partial charge on any atom is 0.128 e. The quantitative estimate of drug-likeness (QED) is 0.610. The van der Waals surface area contributed by atoms with Crippen LogP contribution in [0.4, 0.5) is 0 Å². The zero-order chi connectivity index (χ0) is 19.8. The third kappa shape index (κ3) is 3.81. The average Bonchev–Trinajstić information content (AvgIpc) is 3.48. The number of thioether (sulfide) groups is 1. The minimum absolute atomic E-state index is 0.220. The van der Waals surface area contributed by atoms with E-state index in [0.717, 1.165) is 41.6 Å². The molecule has 6 heteroatoms. The lowest BCUT2D eigenvalue weighted by atomic mass is 10.1. The second-order valence-electron chi connectivity index (χ2n) is 8.18. The summed E-state index contributed by atoms with van der Waals surface area (Å²) in [6.07, 6.45) is 3.79. The van der Waals surface area contributed by atoms with E-state index in [4.69, 9.17) is 4.98 Å². The van der Waals surface area contributed by atoms with Crippen LogP contribution >= 0.6 is 23.1 Å². The number of aromatic nitrogens is 2. The van der Waals surface area contributed by atoms with Crippen molar-refractivity contribution in [1.29, 1.82) is 0 Å². The number of fused-ring (bicyclic) bond motifs is 1. The first-order valence-electron chi connectivity index (χ1n) is 10.3. The van der Waals surface area contributed by atoms with Gasteiger partial charge < -0.3 is 10.2 Å². The van der Waals surface area contributed by atoms with Gasteiger partial charge in [0, 0.05) is 23.4 Å². The van der Waals surface area contributed by atoms with Crippen molar-refractivity contribution in [2.75, 3.05) is 13.1 Å². The first kappa shape index (κ1) is 19.1. The minimum atomic E-state index is -0.220. The Labute approximate surface area is 180 Å². The molecule has 2 atom stereocenters. The van der Waals surface area contributed by atoms with Crippen molar-refractivity contribution >= 4 is 39.7 Å². The van der Waals surface area contributed by atoms with Crippen molar-refractivity contribution in [1.82, 2.24) is 20.2 Å². The molecule has 0 amide bonds. The van der Waals surface area contributed by atoms with Crippen LogP contribution < -0.4 is 5.32 Å². The van der Waals surface area contributed by atoms with Gasteiger partial charge in [0.2, 0.25) is 0 Å². The van der Waals surface area contributed by atoms with Crippen molar-refractivity contribution in [2.45, 2.75) is 44.0 Å². The molecule has 5 rings (SSSR count). The first-order chi connectivity index (χ1) is 14.1. The summed E-state index contributed by atoms with van der Waals surface area (Å²) in [7, 11) is 0. The second-order valence-corrected chi connectivity index (χ2v) is 10.2. The molecule has 2 aliphatic heterocycles. The van der Waals surface area contributed by atoms with E-state index in [9.17, 15) is 0 Å². The lowest BCUT2D eigenvalue weighted by molar-refractivity contribution is 0.272. The molecule has 0 radical (unpaired) electrons. The summed E-state index contributed by atoms with van der Waals surface area (Å²) in [6, 6.07) is 11.8. The summed E-state index contributed by atoms with van der Waals surface area (Å²) < 4.78 is 0. The van der Waals surface area contributed by atoms with Gasteiger partial charge >= 0.3 is 0 Å². The van der Waals surface area contributed by atoms with Crippen LogP contribution in [-0.2, 0) is 11.3 Å². The van der Waals surface area contributed by atoms with Crippen molar-refractivity contribution in [3.05, 3.63) is 63.6 Å². The number of nitrogens with one attached hydrogen (secondary N) is 1. The summed E-state index contributed by atoms with van der Waals surface area (Å²) in [5, 5.41) is 9.11. The van der Waals surface area contributed by atoms with E-state index in [2.05, 4.69) is 70.2 Å². The fourth-order valence-electron chi connectivity index (χ4n) is 4.27. The molecule has 0 saturated carbocycles. The van der Waals surface area contributed by atoms with E-state index in [1.165, 1.54) is 30.3 Å². The Balaban J connectivity index is 1.31. The maximum atomic E-state index is 4.92. The fourth-order valence-corrected chi connectivity index (χ4v) is 5.94. The Kier molecular flexibility index (Phi) is 5.10. The zero-order valence-corrected chi connectivity index (χ0v) is 18.5. The predicted molar refractivity (Wildman–Crippen MR) is 124 cm³/mol. The number of thiazole rings is 1. The molecule has 0 spiro atoms. The van der Waals surface area contributed by atoms with Gasteiger partial charge in [0.25, 0.3) is 0 Å². The van der Waals surface area contributed by atoms with Crippen LogP contribution in [-0.4, -0.2) is 34.0 Å². The highest BCUT2D eigenvalue weighted by atomic mass is 32.2. The normalized spacial score (nSPS) is 24.8. The highest BCUT2D eigenvalue weighted by Crippen LogP contribution is 2.42. The first-order valence-corrected chi connectivity index (χ1v) is 12.1. The van der Waals surface area contributed by atoms with E-state index >= 15 is 0 Å². The van der Waals surface area contributed by atoms with Gasteiger partial charge in [-0.3, -0.25) is 0 Å². The molecule has 1 unspecified atom stereocenters. The Hall–Kier alpha value is -1.89. The smallest absolute Gasteiger partial charge is 0.128 e. The molecule has 3 aromatic rings. The molecular formula is C23H26N4S2. The molecule has 1 N–H and O–H groups in total. The molecular weight excluding hydrogens is 396 g/mol. The number of hydrogen-bond acceptors (Lipinski definition) is 6. The lowest BCUT2D eigenvalue weighted by Gasteiger charge is -2.23. The van der Waals surface area contributed by atoms with Gasteiger partial charge in [-0.1, -0.05) is 23.9 Å². The molecule has 4 nitrogen and oxygen atoms in total. The number of pyridine rings is 1. The van der Waals surface area contributed by atoms with Gasteiger partial charge in [0.15, 0.2) is 0 Å². The van der Waals surface area contributed by atoms with Gasteiger partial charge in [-0.15, -0.1) is 11.3 Å². The van der Waals surface area contributed by atoms with E-state index < -0.39 is 0 Å². The number of hydrogen-bond donors (Lipinski definition) is 1. The fraction of sp³-hybridized carbons (Fsp3) is 0.391. The molecule has 0 bridgehead atoms. The van der Waals surface area contributed by atoms with Gasteiger partial charge in [0.1, 0.15) is 4.87 Å². The van der Waals surface area contributed by atoms with Crippen LogP contribution in [0.15, 0.2) is 46.6 Å². The monoisotopic (exact) mass is 422 g/mol. The van der Waals surface area contributed by atoms with E-state index in [1.54, 1.807) is 23.1 Å². The topological polar surface area (TPSA) is 41.1 Å². The van der Waals surface area contributed by atoms with Crippen LogP contribution in [0.25, 0.3) is 16.6 Å². The SMILES string of the molecule is C[C@@H]1CCCN1CCc1ccc2nc(C3=CSC(C)(c4cscn4)N3)ccc2c1. The highest BCUT2D eigenvalue weighted by molar-refractivity contribution is 8.03. The Morgan fingerprint density at radius 3 is 3.00 bits per heavy atom. The van der Waals surface area contributed by atoms with E-state index in [0.29, 0.717) is 0 Å². The molecule has 2 aliphatic rings. The van der Waals surface area contributed by atoms with Crippen LogP contribution in [0.3, 0.4) is 0 Å². The third-order valence-electron chi connectivity index (χ3n) is 6.11. The number of rotatable bonds is 5. The maximum absolute atomic E-state index is 4.92. The summed E-state index contributed by atoms with van der Waals surface area (Å²) in [5.41, 5.74) is 7.46. The molecule has 4 heterocycles. The second kappa shape index (κ2) is 7.74. The lowest BCUT2D eigenvalue weighted by Crippen LogP contribution is -2.31. The Morgan fingerprint density at radius 2 is 2.21 bits per heavy atom. The molecule has 150 valence electrons. The summed E-state index contributed by atoms with van der Waals surface area (Å²) in [4.78, 5) is 11.8. The van der Waals surface area contributed by atoms with Gasteiger partial charge in [-0.25, -0.2) is 9.97 Å². The van der Waals surface area contributed by atoms with Gasteiger partial charge in [-0.2, -0.15) is 0 Å². The molecule has 1 aromatic carbocycles. The molecule has 0 aliphatic carbocycles. The molecule has 1 saturated heterocycles. The standard InChI is InChI=1S/C23H26N4S2/c1-16-4-3-10-27(16)11-9-17-5-7-19-18(12-17)6-8-20(25-19)21-13-29-23(2,26-21)22-14-28-15-24-22/h5-8,12-16,26H,3-4,9-11H2,1-2H3/t16-,23?/m1/s1.